The van der Waals surface area contributed by atoms with E-state index < -0.39 is 0 Å². The van der Waals surface area contributed by atoms with Crippen LogP contribution in [-0.2, 0) is 6.54 Å². The van der Waals surface area contributed by atoms with E-state index in [0.29, 0.717) is 22.4 Å². The van der Waals surface area contributed by atoms with Crippen LogP contribution in [0.2, 0.25) is 10.0 Å². The normalized spacial score (nSPS) is 11.7. The van der Waals surface area contributed by atoms with E-state index in [4.69, 9.17) is 27.9 Å². The van der Waals surface area contributed by atoms with Crippen LogP contribution < -0.4 is 10.1 Å². The molecule has 4 heteroatoms. The molecule has 18 heavy (non-hydrogen) atoms. The van der Waals surface area contributed by atoms with Crippen molar-refractivity contribution in [3.63, 3.8) is 0 Å². The molecule has 102 valence electrons. The van der Waals surface area contributed by atoms with Gasteiger partial charge in [0.1, 0.15) is 0 Å². The number of nitrogens with one attached hydrogen (secondary N) is 1. The van der Waals surface area contributed by atoms with E-state index in [1.165, 1.54) is 0 Å². The zero-order chi connectivity index (χ0) is 13.8. The van der Waals surface area contributed by atoms with Gasteiger partial charge in [-0.05, 0) is 44.9 Å². The van der Waals surface area contributed by atoms with Gasteiger partial charge in [0.15, 0.2) is 5.75 Å². The molecule has 1 N–H and O–H groups in total. The topological polar surface area (TPSA) is 21.3 Å². The summed E-state index contributed by atoms with van der Waals surface area (Å²) in [7, 11) is 0. The van der Waals surface area contributed by atoms with Crippen molar-refractivity contribution in [1.82, 2.24) is 5.32 Å². The fourth-order valence-corrected chi connectivity index (χ4v) is 2.10. The molecule has 1 rings (SSSR count). The maximum absolute atomic E-state index is 6.16. The third-order valence-electron chi connectivity index (χ3n) is 3.00. The molecular formula is C14H21Cl2NO. The molecule has 0 saturated heterocycles. The standard InChI is InChI=1S/C14H21Cl2NO/c1-5-14(3,4)17-9-10-7-11(15)13(18-6-2)12(16)8-10/h7-8,17H,5-6,9H2,1-4H3. The van der Waals surface area contributed by atoms with Gasteiger partial charge >= 0.3 is 0 Å². The van der Waals surface area contributed by atoms with Crippen molar-refractivity contribution in [1.29, 1.82) is 0 Å². The summed E-state index contributed by atoms with van der Waals surface area (Å²) in [5.74, 6) is 0.569. The predicted octanol–water partition coefficient (Wildman–Crippen LogP) is 4.67. The Balaban J connectivity index is 2.80. The lowest BCUT2D eigenvalue weighted by molar-refractivity contribution is 0.340. The highest BCUT2D eigenvalue weighted by atomic mass is 35.5. The summed E-state index contributed by atoms with van der Waals surface area (Å²) in [6, 6.07) is 3.80. The van der Waals surface area contributed by atoms with Crippen LogP contribution in [0.5, 0.6) is 5.75 Å². The third-order valence-corrected chi connectivity index (χ3v) is 3.56. The lowest BCUT2D eigenvalue weighted by atomic mass is 10.0. The van der Waals surface area contributed by atoms with Crippen LogP contribution in [0.3, 0.4) is 0 Å². The lowest BCUT2D eigenvalue weighted by Crippen LogP contribution is -2.37. The van der Waals surface area contributed by atoms with E-state index in [-0.39, 0.29) is 5.54 Å². The van der Waals surface area contributed by atoms with Crippen molar-refractivity contribution in [3.8, 4) is 5.75 Å². The monoisotopic (exact) mass is 289 g/mol. The molecule has 0 radical (unpaired) electrons. The second kappa shape index (κ2) is 6.65. The number of rotatable bonds is 6. The van der Waals surface area contributed by atoms with Crippen molar-refractivity contribution >= 4 is 23.2 Å². The van der Waals surface area contributed by atoms with Crippen LogP contribution in [0.15, 0.2) is 12.1 Å². The summed E-state index contributed by atoms with van der Waals surface area (Å²) < 4.78 is 5.40. The Morgan fingerprint density at radius 1 is 1.17 bits per heavy atom. The summed E-state index contributed by atoms with van der Waals surface area (Å²) in [6.07, 6.45) is 1.06. The molecule has 1 aromatic rings. The van der Waals surface area contributed by atoms with E-state index in [0.717, 1.165) is 18.5 Å². The molecule has 0 aromatic heterocycles. The third kappa shape index (κ3) is 4.34. The quantitative estimate of drug-likeness (QED) is 0.822. The summed E-state index contributed by atoms with van der Waals surface area (Å²) in [5, 5.41) is 4.60. The molecule has 0 heterocycles. The largest absolute Gasteiger partial charge is 0.491 e. The second-order valence-corrected chi connectivity index (χ2v) is 5.73. The first kappa shape index (κ1) is 15.6. The van der Waals surface area contributed by atoms with Gasteiger partial charge in [0, 0.05) is 12.1 Å². The Labute approximate surface area is 120 Å². The SMILES string of the molecule is CCOc1c(Cl)cc(CNC(C)(C)CC)cc1Cl. The van der Waals surface area contributed by atoms with Crippen LogP contribution in [0, 0.1) is 0 Å². The first-order valence-corrected chi connectivity index (χ1v) is 7.01. The Bertz CT molecular complexity index is 382. The minimum atomic E-state index is 0.109. The maximum Gasteiger partial charge on any atom is 0.156 e. The average molecular weight is 290 g/mol. The minimum Gasteiger partial charge on any atom is -0.491 e. The van der Waals surface area contributed by atoms with Crippen molar-refractivity contribution in [3.05, 3.63) is 27.7 Å². The predicted molar refractivity (Wildman–Crippen MR) is 78.8 cm³/mol. The summed E-state index contributed by atoms with van der Waals surface area (Å²) in [6.45, 7) is 9.71. The molecule has 0 bridgehead atoms. The van der Waals surface area contributed by atoms with Gasteiger partial charge < -0.3 is 10.1 Å². The number of benzene rings is 1. The van der Waals surface area contributed by atoms with Gasteiger partial charge in [-0.1, -0.05) is 30.1 Å². The molecule has 0 atom stereocenters. The smallest absolute Gasteiger partial charge is 0.156 e. The van der Waals surface area contributed by atoms with Crippen LogP contribution in [0.25, 0.3) is 0 Å². The maximum atomic E-state index is 6.16. The first-order valence-electron chi connectivity index (χ1n) is 6.25. The number of halogens is 2. The highest BCUT2D eigenvalue weighted by Gasteiger charge is 2.15. The van der Waals surface area contributed by atoms with Crippen LogP contribution >= 0.6 is 23.2 Å². The molecule has 0 spiro atoms. The Hall–Kier alpha value is -0.440. The summed E-state index contributed by atoms with van der Waals surface area (Å²) in [4.78, 5) is 0. The van der Waals surface area contributed by atoms with Gasteiger partial charge in [-0.3, -0.25) is 0 Å². The van der Waals surface area contributed by atoms with Crippen molar-refractivity contribution < 1.29 is 4.74 Å². The van der Waals surface area contributed by atoms with E-state index in [1.807, 2.05) is 19.1 Å². The molecule has 2 nitrogen and oxygen atoms in total. The zero-order valence-corrected chi connectivity index (χ0v) is 13.0. The van der Waals surface area contributed by atoms with Gasteiger partial charge in [0.25, 0.3) is 0 Å². The van der Waals surface area contributed by atoms with Gasteiger partial charge in [-0.2, -0.15) is 0 Å². The average Bonchev–Trinajstić information content (AvgIpc) is 2.31. The highest BCUT2D eigenvalue weighted by Crippen LogP contribution is 2.34. The number of hydrogen-bond acceptors (Lipinski definition) is 2. The Morgan fingerprint density at radius 3 is 2.17 bits per heavy atom. The Kier molecular flexibility index (Phi) is 5.77. The molecule has 0 fully saturated rings. The van der Waals surface area contributed by atoms with Crippen molar-refractivity contribution in [2.24, 2.45) is 0 Å². The van der Waals surface area contributed by atoms with Crippen LogP contribution in [0.1, 0.15) is 39.7 Å². The summed E-state index contributed by atoms with van der Waals surface area (Å²) in [5.41, 5.74) is 1.17. The molecular weight excluding hydrogens is 269 g/mol. The Morgan fingerprint density at radius 2 is 1.72 bits per heavy atom. The fourth-order valence-electron chi connectivity index (χ4n) is 1.46. The van der Waals surface area contributed by atoms with E-state index in [2.05, 4.69) is 26.1 Å². The van der Waals surface area contributed by atoms with E-state index in [9.17, 15) is 0 Å². The molecule has 0 aliphatic carbocycles. The molecule has 0 unspecified atom stereocenters. The fraction of sp³-hybridized carbons (Fsp3) is 0.571. The van der Waals surface area contributed by atoms with E-state index >= 15 is 0 Å². The first-order chi connectivity index (χ1) is 8.39. The molecule has 0 amide bonds. The van der Waals surface area contributed by atoms with Gasteiger partial charge in [0.2, 0.25) is 0 Å². The minimum absolute atomic E-state index is 0.109. The van der Waals surface area contributed by atoms with E-state index in [1.54, 1.807) is 0 Å². The highest BCUT2D eigenvalue weighted by molar-refractivity contribution is 6.37. The second-order valence-electron chi connectivity index (χ2n) is 4.91. The molecule has 1 aromatic carbocycles. The lowest BCUT2D eigenvalue weighted by Gasteiger charge is -2.24. The van der Waals surface area contributed by atoms with Gasteiger partial charge in [-0.25, -0.2) is 0 Å². The van der Waals surface area contributed by atoms with Crippen molar-refractivity contribution in [2.45, 2.75) is 46.2 Å². The van der Waals surface area contributed by atoms with Crippen molar-refractivity contribution in [2.75, 3.05) is 6.61 Å². The number of hydrogen-bond donors (Lipinski definition) is 1. The van der Waals surface area contributed by atoms with Gasteiger partial charge in [-0.15, -0.1) is 0 Å². The molecule has 0 saturated carbocycles. The number of ether oxygens (including phenoxy) is 1. The molecule has 0 aliphatic rings. The van der Waals surface area contributed by atoms with Crippen LogP contribution in [-0.4, -0.2) is 12.1 Å². The summed E-state index contributed by atoms with van der Waals surface area (Å²) >= 11 is 12.3. The zero-order valence-electron chi connectivity index (χ0n) is 11.4. The van der Waals surface area contributed by atoms with Gasteiger partial charge in [0.05, 0.1) is 16.7 Å². The van der Waals surface area contributed by atoms with Crippen LogP contribution in [0.4, 0.5) is 0 Å². The molecule has 0 aliphatic heterocycles.